The normalized spacial score (nSPS) is 11.3. The van der Waals surface area contributed by atoms with Crippen molar-refractivity contribution in [3.8, 4) is 11.1 Å². The van der Waals surface area contributed by atoms with Crippen LogP contribution in [0.1, 0.15) is 11.5 Å². The molecule has 27 heavy (non-hydrogen) atoms. The molecule has 0 radical (unpaired) electrons. The lowest BCUT2D eigenvalue weighted by atomic mass is 10.1. The van der Waals surface area contributed by atoms with Crippen LogP contribution >= 0.6 is 0 Å². The summed E-state index contributed by atoms with van der Waals surface area (Å²) in [6.07, 6.45) is 5.54. The molecule has 0 aromatic carbocycles. The van der Waals surface area contributed by atoms with E-state index in [2.05, 4.69) is 41.3 Å². The maximum absolute atomic E-state index is 4.67. The molecule has 132 valence electrons. The van der Waals surface area contributed by atoms with Gasteiger partial charge in [0.05, 0.1) is 17.8 Å². The molecule has 0 atom stereocenters. The second-order valence-corrected chi connectivity index (χ2v) is 6.39. The Morgan fingerprint density at radius 3 is 2.93 bits per heavy atom. The molecule has 0 unspecified atom stereocenters. The van der Waals surface area contributed by atoms with Gasteiger partial charge in [-0.2, -0.15) is 0 Å². The average molecular weight is 355 g/mol. The third kappa shape index (κ3) is 2.89. The molecule has 0 aliphatic carbocycles. The minimum absolute atomic E-state index is 0.608. The molecule has 5 heterocycles. The molecule has 7 nitrogen and oxygen atoms in total. The van der Waals surface area contributed by atoms with Gasteiger partial charge in [0, 0.05) is 29.5 Å². The quantitative estimate of drug-likeness (QED) is 0.455. The first-order valence-corrected chi connectivity index (χ1v) is 8.71. The standard InChI is InChI=1S/C20H17N7/c1-12-25-17-8-13(10-24-20(17)26-12)16-9-18(27-19-15(16)5-7-22-19)23-11-14-4-2-3-6-21-14/h2-10H,11H2,1H3,(H2,22,23,27)(H,24,25,26). The van der Waals surface area contributed by atoms with Crippen LogP contribution in [0.2, 0.25) is 0 Å². The lowest BCUT2D eigenvalue weighted by Crippen LogP contribution is -2.03. The van der Waals surface area contributed by atoms with Gasteiger partial charge in [0.25, 0.3) is 0 Å². The fourth-order valence-corrected chi connectivity index (χ4v) is 3.22. The molecule has 5 aromatic heterocycles. The number of hydrogen-bond donors (Lipinski definition) is 3. The van der Waals surface area contributed by atoms with Crippen LogP contribution in [-0.4, -0.2) is 29.9 Å². The summed E-state index contributed by atoms with van der Waals surface area (Å²) in [4.78, 5) is 24.3. The van der Waals surface area contributed by atoms with Crippen LogP contribution in [0.15, 0.2) is 55.0 Å². The van der Waals surface area contributed by atoms with E-state index in [4.69, 9.17) is 0 Å². The molecule has 0 fully saturated rings. The zero-order valence-corrected chi connectivity index (χ0v) is 14.7. The zero-order valence-electron chi connectivity index (χ0n) is 14.7. The number of pyridine rings is 3. The molecule has 3 N–H and O–H groups in total. The fourth-order valence-electron chi connectivity index (χ4n) is 3.22. The van der Waals surface area contributed by atoms with Crippen molar-refractivity contribution >= 4 is 28.0 Å². The summed E-state index contributed by atoms with van der Waals surface area (Å²) in [6.45, 7) is 2.54. The number of hydrogen-bond acceptors (Lipinski definition) is 5. The summed E-state index contributed by atoms with van der Waals surface area (Å²) < 4.78 is 0. The van der Waals surface area contributed by atoms with Gasteiger partial charge in [0.2, 0.25) is 0 Å². The number of fused-ring (bicyclic) bond motifs is 2. The zero-order chi connectivity index (χ0) is 18.2. The maximum Gasteiger partial charge on any atom is 0.177 e. The Labute approximate surface area is 154 Å². The highest BCUT2D eigenvalue weighted by atomic mass is 15.0. The van der Waals surface area contributed by atoms with E-state index in [1.807, 2.05) is 49.6 Å². The van der Waals surface area contributed by atoms with Crippen molar-refractivity contribution < 1.29 is 0 Å². The van der Waals surface area contributed by atoms with Crippen molar-refractivity contribution in [2.75, 3.05) is 5.32 Å². The van der Waals surface area contributed by atoms with Gasteiger partial charge < -0.3 is 15.3 Å². The predicted molar refractivity (Wildman–Crippen MR) is 105 cm³/mol. The predicted octanol–water partition coefficient (Wildman–Crippen LogP) is 3.82. The van der Waals surface area contributed by atoms with Crippen molar-refractivity contribution in [1.29, 1.82) is 0 Å². The van der Waals surface area contributed by atoms with E-state index in [9.17, 15) is 0 Å². The highest BCUT2D eigenvalue weighted by Crippen LogP contribution is 2.30. The van der Waals surface area contributed by atoms with Crippen molar-refractivity contribution in [1.82, 2.24) is 29.9 Å². The highest BCUT2D eigenvalue weighted by Gasteiger charge is 2.11. The third-order valence-electron chi connectivity index (χ3n) is 4.47. The van der Waals surface area contributed by atoms with Crippen LogP contribution < -0.4 is 5.32 Å². The molecule has 5 rings (SSSR count). The number of anilines is 1. The number of H-pyrrole nitrogens is 2. The number of aromatic nitrogens is 6. The first kappa shape index (κ1) is 15.5. The first-order chi connectivity index (χ1) is 13.3. The van der Waals surface area contributed by atoms with E-state index in [0.717, 1.165) is 50.7 Å². The summed E-state index contributed by atoms with van der Waals surface area (Å²) in [6, 6.07) is 12.0. The molecule has 0 saturated heterocycles. The van der Waals surface area contributed by atoms with Crippen LogP contribution in [0.5, 0.6) is 0 Å². The van der Waals surface area contributed by atoms with Crippen molar-refractivity contribution in [3.05, 3.63) is 66.5 Å². The van der Waals surface area contributed by atoms with Gasteiger partial charge in [-0.25, -0.2) is 15.0 Å². The molecule has 7 heteroatoms. The number of aryl methyl sites for hydroxylation is 1. The lowest BCUT2D eigenvalue weighted by molar-refractivity contribution is 1.03. The lowest BCUT2D eigenvalue weighted by Gasteiger charge is -2.09. The highest BCUT2D eigenvalue weighted by molar-refractivity contribution is 5.96. The van der Waals surface area contributed by atoms with Crippen molar-refractivity contribution in [3.63, 3.8) is 0 Å². The molecular formula is C20H17N7. The molecule has 0 saturated carbocycles. The maximum atomic E-state index is 4.67. The molecule has 0 bridgehead atoms. The SMILES string of the molecule is Cc1nc2ncc(-c3cc(NCc4ccccn4)nc4[nH]ccc34)cc2[nH]1. The van der Waals surface area contributed by atoms with E-state index in [0.29, 0.717) is 6.54 Å². The van der Waals surface area contributed by atoms with Gasteiger partial charge in [0.1, 0.15) is 17.3 Å². The number of nitrogens with zero attached hydrogens (tertiary/aromatic N) is 4. The monoisotopic (exact) mass is 355 g/mol. The minimum Gasteiger partial charge on any atom is -0.364 e. The Balaban J connectivity index is 1.56. The van der Waals surface area contributed by atoms with Gasteiger partial charge in [0.15, 0.2) is 5.65 Å². The van der Waals surface area contributed by atoms with Crippen molar-refractivity contribution in [2.45, 2.75) is 13.5 Å². The van der Waals surface area contributed by atoms with Crippen molar-refractivity contribution in [2.24, 2.45) is 0 Å². The van der Waals surface area contributed by atoms with Gasteiger partial charge in [-0.1, -0.05) is 6.07 Å². The Morgan fingerprint density at radius 1 is 1.07 bits per heavy atom. The van der Waals surface area contributed by atoms with E-state index in [1.54, 1.807) is 6.20 Å². The number of nitrogens with one attached hydrogen (secondary N) is 3. The summed E-state index contributed by atoms with van der Waals surface area (Å²) in [5.74, 6) is 1.64. The van der Waals surface area contributed by atoms with Crippen LogP contribution in [0.4, 0.5) is 5.82 Å². The summed E-state index contributed by atoms with van der Waals surface area (Å²) in [7, 11) is 0. The smallest absolute Gasteiger partial charge is 0.177 e. The van der Waals surface area contributed by atoms with E-state index < -0.39 is 0 Å². The van der Waals surface area contributed by atoms with Crippen LogP contribution in [-0.2, 0) is 6.54 Å². The Kier molecular flexibility index (Phi) is 3.57. The second kappa shape index (κ2) is 6.21. The van der Waals surface area contributed by atoms with Crippen LogP contribution in [0, 0.1) is 6.92 Å². The van der Waals surface area contributed by atoms with E-state index in [1.165, 1.54) is 0 Å². The minimum atomic E-state index is 0.608. The number of rotatable bonds is 4. The molecule has 0 spiro atoms. The second-order valence-electron chi connectivity index (χ2n) is 6.39. The van der Waals surface area contributed by atoms with E-state index >= 15 is 0 Å². The third-order valence-corrected chi connectivity index (χ3v) is 4.47. The average Bonchev–Trinajstić information content (AvgIpc) is 3.31. The molecule has 0 aliphatic rings. The molecule has 0 amide bonds. The summed E-state index contributed by atoms with van der Waals surface area (Å²) >= 11 is 0. The van der Waals surface area contributed by atoms with Gasteiger partial charge in [-0.15, -0.1) is 0 Å². The summed E-state index contributed by atoms with van der Waals surface area (Å²) in [5, 5.41) is 4.41. The Morgan fingerprint density at radius 2 is 2.04 bits per heavy atom. The van der Waals surface area contributed by atoms with Crippen LogP contribution in [0.25, 0.3) is 33.3 Å². The molecule has 5 aromatic rings. The topological polar surface area (TPSA) is 95.2 Å². The number of imidazole rings is 1. The largest absolute Gasteiger partial charge is 0.364 e. The first-order valence-electron chi connectivity index (χ1n) is 8.71. The Bertz CT molecular complexity index is 1240. The fraction of sp³-hybridized carbons (Fsp3) is 0.100. The molecular weight excluding hydrogens is 338 g/mol. The van der Waals surface area contributed by atoms with Crippen LogP contribution in [0.3, 0.4) is 0 Å². The van der Waals surface area contributed by atoms with Gasteiger partial charge >= 0.3 is 0 Å². The van der Waals surface area contributed by atoms with Gasteiger partial charge in [-0.05, 0) is 42.8 Å². The summed E-state index contributed by atoms with van der Waals surface area (Å²) in [5.41, 5.74) is 5.52. The van der Waals surface area contributed by atoms with E-state index in [-0.39, 0.29) is 0 Å². The number of aromatic amines is 2. The molecule has 0 aliphatic heterocycles. The van der Waals surface area contributed by atoms with Gasteiger partial charge in [-0.3, -0.25) is 4.98 Å². The Hall–Kier alpha value is -3.74.